The van der Waals surface area contributed by atoms with Gasteiger partial charge in [-0.05, 0) is 65.2 Å². The maximum atomic E-state index is 14.5. The molecule has 214 valence electrons. The van der Waals surface area contributed by atoms with E-state index in [2.05, 4.69) is 0 Å². The summed E-state index contributed by atoms with van der Waals surface area (Å²) in [4.78, 5) is 25.4. The van der Waals surface area contributed by atoms with Crippen LogP contribution >= 0.6 is 23.5 Å². The van der Waals surface area contributed by atoms with E-state index in [-0.39, 0.29) is 22.4 Å². The molecule has 0 aromatic heterocycles. The Kier molecular flexibility index (Phi) is 12.0. The number of halogens is 7. The van der Waals surface area contributed by atoms with E-state index < -0.39 is 59.1 Å². The molecule has 11 heteroatoms. The van der Waals surface area contributed by atoms with Crippen molar-refractivity contribution in [2.45, 2.75) is 22.6 Å². The quantitative estimate of drug-likeness (QED) is 0.113. The molecule has 0 saturated carbocycles. The summed E-state index contributed by atoms with van der Waals surface area (Å²) in [5.74, 6) is -4.77. The third-order valence-corrected chi connectivity index (χ3v) is 7.04. The first-order valence-corrected chi connectivity index (χ1v) is 13.6. The van der Waals surface area contributed by atoms with Gasteiger partial charge in [-0.3, -0.25) is 18.4 Å². The first-order chi connectivity index (χ1) is 19.6. The van der Waals surface area contributed by atoms with Gasteiger partial charge >= 0.3 is 0 Å². The van der Waals surface area contributed by atoms with Crippen LogP contribution in [0.15, 0.2) is 88.7 Å². The molecule has 4 aromatic carbocycles. The summed E-state index contributed by atoms with van der Waals surface area (Å²) in [6.07, 6.45) is -0.354. The largest absolute Gasteiger partial charge is 0.286 e. The zero-order valence-electron chi connectivity index (χ0n) is 21.1. The molecule has 4 aromatic rings. The van der Waals surface area contributed by atoms with Crippen molar-refractivity contribution < 1.29 is 40.3 Å². The van der Waals surface area contributed by atoms with Crippen LogP contribution in [0, 0.1) is 29.1 Å². The topological polar surface area (TPSA) is 34.1 Å². The number of rotatable bonds is 8. The van der Waals surface area contributed by atoms with Crippen molar-refractivity contribution in [2.24, 2.45) is 0 Å². The molecule has 0 unspecified atom stereocenters. The summed E-state index contributed by atoms with van der Waals surface area (Å²) < 4.78 is 89.1. The van der Waals surface area contributed by atoms with Crippen LogP contribution in [0.25, 0.3) is 22.3 Å². The summed E-state index contributed by atoms with van der Waals surface area (Å²) in [5, 5.41) is -0.919. The van der Waals surface area contributed by atoms with Gasteiger partial charge in [0.1, 0.15) is 5.82 Å². The predicted octanol–water partition coefficient (Wildman–Crippen LogP) is 9.36. The molecule has 0 aliphatic carbocycles. The van der Waals surface area contributed by atoms with Crippen LogP contribution in [0.3, 0.4) is 0 Å². The molecule has 0 aliphatic rings. The van der Waals surface area contributed by atoms with Gasteiger partial charge in [0.15, 0.2) is 23.3 Å². The normalized spacial score (nSPS) is 10.6. The maximum Gasteiger partial charge on any atom is 0.202 e. The molecular weight excluding hydrogens is 589 g/mol. The first kappa shape index (κ1) is 32.0. The van der Waals surface area contributed by atoms with Crippen LogP contribution in [0.5, 0.6) is 0 Å². The first-order valence-electron chi connectivity index (χ1n) is 11.9. The van der Waals surface area contributed by atoms with Gasteiger partial charge in [-0.2, -0.15) is 0 Å². The highest BCUT2D eigenvalue weighted by Gasteiger charge is 2.15. The lowest BCUT2D eigenvalue weighted by Gasteiger charge is -2.07. The molecule has 0 fully saturated rings. The minimum Gasteiger partial charge on any atom is -0.286 e. The second-order valence-corrected chi connectivity index (χ2v) is 10.5. The SMILES string of the molecule is FCCCF.O=C(CC(=O)Sc1ccc(-c2ccc(F)c(F)c2)c(F)c1)Sc1ccc(-c2ccc(F)c(F)c2)cc1. The zero-order chi connectivity index (χ0) is 29.9. The maximum absolute atomic E-state index is 14.5. The molecule has 0 aliphatic heterocycles. The Morgan fingerprint density at radius 2 is 1.00 bits per heavy atom. The lowest BCUT2D eigenvalue weighted by molar-refractivity contribution is -0.117. The van der Waals surface area contributed by atoms with Crippen LogP contribution in [0.4, 0.5) is 30.7 Å². The number of hydrogen-bond donors (Lipinski definition) is 0. The third kappa shape index (κ3) is 9.50. The molecule has 0 radical (unpaired) electrons. The Bertz CT molecular complexity index is 1510. The highest BCUT2D eigenvalue weighted by molar-refractivity contribution is 8.15. The highest BCUT2D eigenvalue weighted by Crippen LogP contribution is 2.31. The van der Waals surface area contributed by atoms with E-state index in [1.807, 2.05) is 0 Å². The van der Waals surface area contributed by atoms with Gasteiger partial charge < -0.3 is 0 Å². The highest BCUT2D eigenvalue weighted by atomic mass is 32.2. The number of thioether (sulfide) groups is 2. The van der Waals surface area contributed by atoms with Gasteiger partial charge in [-0.25, -0.2) is 22.0 Å². The second kappa shape index (κ2) is 15.4. The van der Waals surface area contributed by atoms with Gasteiger partial charge in [-0.1, -0.05) is 53.9 Å². The molecule has 0 heterocycles. The van der Waals surface area contributed by atoms with Crippen molar-refractivity contribution in [2.75, 3.05) is 13.3 Å². The molecule has 0 N–H and O–H groups in total. The molecule has 0 atom stereocenters. The van der Waals surface area contributed by atoms with E-state index in [1.165, 1.54) is 24.3 Å². The molecule has 0 saturated heterocycles. The van der Waals surface area contributed by atoms with Crippen LogP contribution in [0.1, 0.15) is 12.8 Å². The van der Waals surface area contributed by atoms with Crippen molar-refractivity contribution in [3.8, 4) is 22.3 Å². The molecule has 4 rings (SSSR count). The standard InChI is InChI=1S/C27H15F5O2S2.C3H6F2/c28-21-9-3-16(11-24(21)31)15-1-5-18(6-2-15)35-26(33)14-27(34)36-19-7-8-20(23(30)13-19)17-4-10-22(29)25(32)12-17;4-2-1-3-5/h1-13H,14H2;1-3H2. The number of carbonyl (C=O) groups excluding carboxylic acids is 2. The molecular formula is C30H21F7O2S2. The van der Waals surface area contributed by atoms with E-state index in [1.54, 1.807) is 24.3 Å². The van der Waals surface area contributed by atoms with E-state index in [9.17, 15) is 40.3 Å². The van der Waals surface area contributed by atoms with E-state index in [0.717, 1.165) is 42.1 Å². The average molecular weight is 611 g/mol. The lowest BCUT2D eigenvalue weighted by atomic mass is 10.1. The summed E-state index contributed by atoms with van der Waals surface area (Å²) in [6, 6.07) is 17.0. The van der Waals surface area contributed by atoms with Crippen molar-refractivity contribution in [1.29, 1.82) is 0 Å². The van der Waals surface area contributed by atoms with Gasteiger partial charge in [0.25, 0.3) is 0 Å². The van der Waals surface area contributed by atoms with E-state index in [0.29, 0.717) is 27.8 Å². The lowest BCUT2D eigenvalue weighted by Crippen LogP contribution is -2.00. The molecule has 0 bridgehead atoms. The summed E-state index contributed by atoms with van der Waals surface area (Å²) in [6.45, 7) is -1.06. The van der Waals surface area contributed by atoms with E-state index >= 15 is 0 Å². The van der Waals surface area contributed by atoms with Crippen LogP contribution < -0.4 is 0 Å². The van der Waals surface area contributed by atoms with Crippen LogP contribution in [-0.2, 0) is 9.59 Å². The molecule has 0 spiro atoms. The third-order valence-electron chi connectivity index (χ3n) is 5.30. The van der Waals surface area contributed by atoms with Crippen molar-refractivity contribution in [3.05, 3.63) is 108 Å². The number of hydrogen-bond acceptors (Lipinski definition) is 4. The average Bonchev–Trinajstić information content (AvgIpc) is 2.93. The minimum atomic E-state index is -1.10. The van der Waals surface area contributed by atoms with Gasteiger partial charge in [-0.15, -0.1) is 0 Å². The van der Waals surface area contributed by atoms with Crippen molar-refractivity contribution >= 4 is 33.8 Å². The van der Waals surface area contributed by atoms with Crippen molar-refractivity contribution in [3.63, 3.8) is 0 Å². The fourth-order valence-corrected chi connectivity index (χ4v) is 4.95. The predicted molar refractivity (Wildman–Crippen MR) is 146 cm³/mol. The minimum absolute atomic E-state index is 0.0455. The van der Waals surface area contributed by atoms with Crippen molar-refractivity contribution in [1.82, 2.24) is 0 Å². The van der Waals surface area contributed by atoms with Crippen LogP contribution in [0.2, 0.25) is 0 Å². The van der Waals surface area contributed by atoms with E-state index in [4.69, 9.17) is 0 Å². The summed E-state index contributed by atoms with van der Waals surface area (Å²) in [7, 11) is 0. The van der Waals surface area contributed by atoms with Gasteiger partial charge in [0.05, 0.1) is 19.8 Å². The molecule has 41 heavy (non-hydrogen) atoms. The smallest absolute Gasteiger partial charge is 0.202 e. The number of benzene rings is 4. The zero-order valence-corrected chi connectivity index (χ0v) is 22.7. The number of carbonyl (C=O) groups is 2. The monoisotopic (exact) mass is 610 g/mol. The Labute approximate surface area is 240 Å². The Morgan fingerprint density at radius 1 is 0.512 bits per heavy atom. The summed E-state index contributed by atoms with van der Waals surface area (Å²) in [5.41, 5.74) is 1.30. The number of alkyl halides is 2. The van der Waals surface area contributed by atoms with Crippen LogP contribution in [-0.4, -0.2) is 23.6 Å². The second-order valence-electron chi connectivity index (χ2n) is 8.28. The van der Waals surface area contributed by atoms with Gasteiger partial charge in [0, 0.05) is 21.8 Å². The Balaban J connectivity index is 0.000000850. The molecule has 0 amide bonds. The summed E-state index contributed by atoms with van der Waals surface area (Å²) >= 11 is 1.55. The Hall–Kier alpha value is -3.57. The van der Waals surface area contributed by atoms with Gasteiger partial charge in [0.2, 0.25) is 10.2 Å². The fraction of sp³-hybridized carbons (Fsp3) is 0.133. The fourth-order valence-electron chi connectivity index (χ4n) is 3.35. The Morgan fingerprint density at radius 3 is 1.51 bits per heavy atom. The molecule has 2 nitrogen and oxygen atoms in total.